The van der Waals surface area contributed by atoms with Crippen LogP contribution < -0.4 is 4.90 Å². The Labute approximate surface area is 161 Å². The van der Waals surface area contributed by atoms with Crippen LogP contribution >= 0.6 is 0 Å². The Bertz CT molecular complexity index is 1010. The predicted octanol–water partition coefficient (Wildman–Crippen LogP) is 3.84. The van der Waals surface area contributed by atoms with Crippen molar-refractivity contribution in [1.82, 2.24) is 0 Å². The molecule has 1 aliphatic rings. The molecule has 4 rings (SSSR count). The highest BCUT2D eigenvalue weighted by molar-refractivity contribution is 6.26. The van der Waals surface area contributed by atoms with Crippen LogP contribution in [0.25, 0.3) is 0 Å². The molecule has 0 N–H and O–H groups in total. The number of non-ortho nitro benzene ring substituents is 1. The minimum absolute atomic E-state index is 0.00313. The zero-order valence-corrected chi connectivity index (χ0v) is 14.8. The molecule has 28 heavy (non-hydrogen) atoms. The second kappa shape index (κ2) is 6.74. The molecule has 0 saturated carbocycles. The maximum atomic E-state index is 13.6. The number of anilines is 1. The fraction of sp³-hybridized carbons (Fsp3) is 0.0909. The van der Waals surface area contributed by atoms with Crippen LogP contribution in [0.15, 0.2) is 84.9 Å². The fourth-order valence-corrected chi connectivity index (χ4v) is 3.73. The van der Waals surface area contributed by atoms with Gasteiger partial charge in [0, 0.05) is 12.1 Å². The number of carbonyl (C=O) groups is 2. The number of benzene rings is 3. The Morgan fingerprint density at radius 3 is 1.75 bits per heavy atom. The number of rotatable bonds is 4. The van der Waals surface area contributed by atoms with Crippen molar-refractivity contribution in [2.24, 2.45) is 0 Å². The molecule has 1 aliphatic heterocycles. The number of amides is 2. The molecule has 3 aromatic rings. The summed E-state index contributed by atoms with van der Waals surface area (Å²) in [5, 5.41) is 10.9. The van der Waals surface area contributed by atoms with Gasteiger partial charge in [0.1, 0.15) is 5.41 Å². The first-order valence-electron chi connectivity index (χ1n) is 8.77. The van der Waals surface area contributed by atoms with Crippen molar-refractivity contribution in [3.05, 3.63) is 106 Å². The van der Waals surface area contributed by atoms with Crippen molar-refractivity contribution in [2.75, 3.05) is 4.90 Å². The van der Waals surface area contributed by atoms with Gasteiger partial charge in [-0.1, -0.05) is 60.7 Å². The highest BCUT2D eigenvalue weighted by Crippen LogP contribution is 2.44. The zero-order valence-electron chi connectivity index (χ0n) is 14.8. The van der Waals surface area contributed by atoms with E-state index in [2.05, 4.69) is 0 Å². The smallest absolute Gasteiger partial charge is 0.269 e. The van der Waals surface area contributed by atoms with Crippen molar-refractivity contribution in [3.63, 3.8) is 0 Å². The molecule has 6 nitrogen and oxygen atoms in total. The highest BCUT2D eigenvalue weighted by Gasteiger charge is 2.54. The highest BCUT2D eigenvalue weighted by atomic mass is 16.6. The minimum atomic E-state index is -1.12. The van der Waals surface area contributed by atoms with Gasteiger partial charge in [-0.15, -0.1) is 0 Å². The fourth-order valence-electron chi connectivity index (χ4n) is 3.73. The van der Waals surface area contributed by atoms with Crippen molar-refractivity contribution < 1.29 is 14.5 Å². The standard InChI is InChI=1S/C22H16N2O4/c25-20-15-22(16-7-3-1-4-8-16,17-9-5-2-6-10-17)21(26)23(20)18-11-13-19(14-12-18)24(27)28/h1-14H,15H2. The van der Waals surface area contributed by atoms with Gasteiger partial charge in [0.15, 0.2) is 0 Å². The summed E-state index contributed by atoms with van der Waals surface area (Å²) in [6.07, 6.45) is -0.00313. The molecule has 3 aromatic carbocycles. The predicted molar refractivity (Wildman–Crippen MR) is 104 cm³/mol. The summed E-state index contributed by atoms with van der Waals surface area (Å²) >= 11 is 0. The number of hydrogen-bond donors (Lipinski definition) is 0. The number of carbonyl (C=O) groups excluding carboxylic acids is 2. The molecule has 0 spiro atoms. The van der Waals surface area contributed by atoms with Gasteiger partial charge in [0.25, 0.3) is 5.69 Å². The van der Waals surface area contributed by atoms with E-state index in [4.69, 9.17) is 0 Å². The van der Waals surface area contributed by atoms with E-state index in [1.54, 1.807) is 0 Å². The molecule has 0 bridgehead atoms. The van der Waals surface area contributed by atoms with Crippen LogP contribution in [0, 0.1) is 10.1 Å². The third kappa shape index (κ3) is 2.66. The minimum Gasteiger partial charge on any atom is -0.274 e. The van der Waals surface area contributed by atoms with Crippen LogP contribution in [0.2, 0.25) is 0 Å². The van der Waals surface area contributed by atoms with Gasteiger partial charge in [0.05, 0.1) is 17.0 Å². The average molecular weight is 372 g/mol. The SMILES string of the molecule is O=C1CC(c2ccccc2)(c2ccccc2)C(=O)N1c1ccc([N+](=O)[O-])cc1. The summed E-state index contributed by atoms with van der Waals surface area (Å²) in [5.74, 6) is -0.699. The molecule has 0 unspecified atom stereocenters. The number of nitrogens with zero attached hydrogens (tertiary/aromatic N) is 2. The van der Waals surface area contributed by atoms with Gasteiger partial charge >= 0.3 is 0 Å². The Kier molecular flexibility index (Phi) is 4.24. The van der Waals surface area contributed by atoms with Gasteiger partial charge in [-0.3, -0.25) is 19.7 Å². The van der Waals surface area contributed by atoms with Crippen LogP contribution in [-0.2, 0) is 15.0 Å². The molecule has 0 atom stereocenters. The Balaban J connectivity index is 1.85. The molecular weight excluding hydrogens is 356 g/mol. The summed E-state index contributed by atoms with van der Waals surface area (Å²) in [5.41, 5.74) is 0.587. The monoisotopic (exact) mass is 372 g/mol. The first-order chi connectivity index (χ1) is 13.5. The molecule has 0 aliphatic carbocycles. The van der Waals surface area contributed by atoms with Crippen LogP contribution in [0.3, 0.4) is 0 Å². The van der Waals surface area contributed by atoms with Gasteiger partial charge in [-0.25, -0.2) is 4.90 Å². The first-order valence-corrected chi connectivity index (χ1v) is 8.77. The van der Waals surface area contributed by atoms with Crippen LogP contribution in [0.1, 0.15) is 17.5 Å². The van der Waals surface area contributed by atoms with Crippen LogP contribution in [0.5, 0.6) is 0 Å². The number of hydrogen-bond acceptors (Lipinski definition) is 4. The summed E-state index contributed by atoms with van der Waals surface area (Å²) in [6, 6.07) is 23.9. The summed E-state index contributed by atoms with van der Waals surface area (Å²) in [6.45, 7) is 0. The molecule has 0 aromatic heterocycles. The number of imide groups is 1. The number of nitro groups is 1. The van der Waals surface area contributed by atoms with Gasteiger partial charge < -0.3 is 0 Å². The summed E-state index contributed by atoms with van der Waals surface area (Å²) < 4.78 is 0. The molecule has 138 valence electrons. The molecular formula is C22H16N2O4. The summed E-state index contributed by atoms with van der Waals surface area (Å²) in [4.78, 5) is 38.1. The van der Waals surface area contributed by atoms with E-state index in [1.165, 1.54) is 24.3 Å². The van der Waals surface area contributed by atoms with Crippen molar-refractivity contribution in [1.29, 1.82) is 0 Å². The summed E-state index contributed by atoms with van der Waals surface area (Å²) in [7, 11) is 0. The van der Waals surface area contributed by atoms with E-state index in [9.17, 15) is 19.7 Å². The molecule has 1 saturated heterocycles. The Morgan fingerprint density at radius 1 is 0.786 bits per heavy atom. The van der Waals surface area contributed by atoms with E-state index in [1.807, 2.05) is 60.7 Å². The lowest BCUT2D eigenvalue weighted by molar-refractivity contribution is -0.384. The number of nitro benzene ring substituents is 1. The van der Waals surface area contributed by atoms with Crippen molar-refractivity contribution >= 4 is 23.2 Å². The molecule has 2 amide bonds. The van der Waals surface area contributed by atoms with E-state index in [0.717, 1.165) is 16.0 Å². The lowest BCUT2D eigenvalue weighted by Gasteiger charge is -2.28. The molecule has 1 fully saturated rings. The second-order valence-electron chi connectivity index (χ2n) is 6.62. The quantitative estimate of drug-likeness (QED) is 0.396. The zero-order chi connectivity index (χ0) is 19.7. The van der Waals surface area contributed by atoms with Crippen LogP contribution in [0.4, 0.5) is 11.4 Å². The van der Waals surface area contributed by atoms with Crippen molar-refractivity contribution in [3.8, 4) is 0 Å². The molecule has 6 heteroatoms. The Hall–Kier alpha value is -3.80. The maximum Gasteiger partial charge on any atom is 0.269 e. The van der Waals surface area contributed by atoms with Crippen molar-refractivity contribution in [2.45, 2.75) is 11.8 Å². The molecule has 0 radical (unpaired) electrons. The van der Waals surface area contributed by atoms with E-state index >= 15 is 0 Å². The lowest BCUT2D eigenvalue weighted by atomic mass is 9.73. The van der Waals surface area contributed by atoms with E-state index in [0.29, 0.717) is 5.69 Å². The maximum absolute atomic E-state index is 13.6. The first kappa shape index (κ1) is 17.6. The van der Waals surface area contributed by atoms with E-state index < -0.39 is 10.3 Å². The van der Waals surface area contributed by atoms with Gasteiger partial charge in [-0.05, 0) is 23.3 Å². The Morgan fingerprint density at radius 2 is 1.29 bits per heavy atom. The van der Waals surface area contributed by atoms with Crippen LogP contribution in [-0.4, -0.2) is 16.7 Å². The second-order valence-corrected chi connectivity index (χ2v) is 6.62. The normalized spacial score (nSPS) is 15.6. The van der Waals surface area contributed by atoms with Gasteiger partial charge in [0.2, 0.25) is 11.8 Å². The third-order valence-corrected chi connectivity index (χ3v) is 5.09. The van der Waals surface area contributed by atoms with E-state index in [-0.39, 0.29) is 23.9 Å². The largest absolute Gasteiger partial charge is 0.274 e. The lowest BCUT2D eigenvalue weighted by Crippen LogP contribution is -2.39. The van der Waals surface area contributed by atoms with Gasteiger partial charge in [-0.2, -0.15) is 0 Å². The molecule has 1 heterocycles. The third-order valence-electron chi connectivity index (χ3n) is 5.09. The topological polar surface area (TPSA) is 80.5 Å². The average Bonchev–Trinajstić information content (AvgIpc) is 3.00.